The molecular weight excluding hydrogens is 406 g/mol. The minimum absolute atomic E-state index is 0.0145. The Kier molecular flexibility index (Phi) is 5.36. The molecule has 4 nitrogen and oxygen atoms in total. The van der Waals surface area contributed by atoms with Gasteiger partial charge in [-0.1, -0.05) is 29.8 Å². The molecule has 6 heteroatoms. The molecule has 1 aliphatic heterocycles. The third-order valence-electron chi connectivity index (χ3n) is 5.62. The summed E-state index contributed by atoms with van der Waals surface area (Å²) in [4.78, 5) is 28.1. The number of hydrogen-bond donors (Lipinski definition) is 1. The van der Waals surface area contributed by atoms with Gasteiger partial charge in [0.1, 0.15) is 0 Å². The Morgan fingerprint density at radius 2 is 1.93 bits per heavy atom. The Balaban J connectivity index is 1.81. The normalized spacial score (nSPS) is 21.7. The summed E-state index contributed by atoms with van der Waals surface area (Å²) >= 11 is 8.01. The van der Waals surface area contributed by atoms with Crippen LogP contribution in [0.3, 0.4) is 0 Å². The zero-order valence-corrected chi connectivity index (χ0v) is 18.1. The summed E-state index contributed by atoms with van der Waals surface area (Å²) in [6, 6.07) is 11.7. The standard InChI is InChI=1S/C23H22ClNO3S/c1-12-8-9-19(29-12)22-20(23(27)28-3)13(2)25-17-10-14(11-18(26)21(17)22)15-6-4-5-7-16(15)24/h4-9,14,22,25H,10-11H2,1-3H3/t14-,22+/m0/s1. The molecule has 0 radical (unpaired) electrons. The molecule has 2 aliphatic rings. The highest BCUT2D eigenvalue weighted by Gasteiger charge is 2.42. The number of benzene rings is 1. The molecule has 1 aromatic carbocycles. The first-order chi connectivity index (χ1) is 13.9. The highest BCUT2D eigenvalue weighted by molar-refractivity contribution is 7.12. The van der Waals surface area contributed by atoms with Gasteiger partial charge in [-0.25, -0.2) is 4.79 Å². The Morgan fingerprint density at radius 1 is 1.17 bits per heavy atom. The predicted molar refractivity (Wildman–Crippen MR) is 115 cm³/mol. The lowest BCUT2D eigenvalue weighted by atomic mass is 9.73. The van der Waals surface area contributed by atoms with Crippen molar-refractivity contribution in [3.05, 3.63) is 79.3 Å². The van der Waals surface area contributed by atoms with Gasteiger partial charge in [-0.2, -0.15) is 0 Å². The van der Waals surface area contributed by atoms with Crippen LogP contribution >= 0.6 is 22.9 Å². The van der Waals surface area contributed by atoms with Crippen molar-refractivity contribution in [3.63, 3.8) is 0 Å². The number of nitrogens with one attached hydrogen (secondary N) is 1. The molecule has 29 heavy (non-hydrogen) atoms. The Labute approximate surface area is 179 Å². The number of hydrogen-bond acceptors (Lipinski definition) is 5. The highest BCUT2D eigenvalue weighted by atomic mass is 35.5. The number of ether oxygens (including phenoxy) is 1. The molecule has 2 aromatic rings. The van der Waals surface area contributed by atoms with Crippen molar-refractivity contribution in [3.8, 4) is 0 Å². The average Bonchev–Trinajstić information content (AvgIpc) is 3.12. The lowest BCUT2D eigenvalue weighted by Gasteiger charge is -2.36. The van der Waals surface area contributed by atoms with E-state index in [1.54, 1.807) is 11.3 Å². The van der Waals surface area contributed by atoms with Crippen molar-refractivity contribution in [2.75, 3.05) is 7.11 Å². The largest absolute Gasteiger partial charge is 0.466 e. The van der Waals surface area contributed by atoms with Crippen LogP contribution in [-0.4, -0.2) is 18.9 Å². The van der Waals surface area contributed by atoms with Crippen LogP contribution in [0.5, 0.6) is 0 Å². The minimum atomic E-state index is -0.404. The number of aryl methyl sites for hydroxylation is 1. The van der Waals surface area contributed by atoms with Crippen LogP contribution in [0.25, 0.3) is 0 Å². The first-order valence-electron chi connectivity index (χ1n) is 9.53. The van der Waals surface area contributed by atoms with Crippen LogP contribution in [-0.2, 0) is 14.3 Å². The van der Waals surface area contributed by atoms with Crippen molar-refractivity contribution >= 4 is 34.7 Å². The van der Waals surface area contributed by atoms with Gasteiger partial charge < -0.3 is 10.1 Å². The fourth-order valence-corrected chi connectivity index (χ4v) is 5.63. The highest BCUT2D eigenvalue weighted by Crippen LogP contribution is 2.47. The summed E-state index contributed by atoms with van der Waals surface area (Å²) in [5.41, 5.74) is 3.80. The molecule has 0 saturated carbocycles. The van der Waals surface area contributed by atoms with Crippen molar-refractivity contribution in [2.24, 2.45) is 0 Å². The fourth-order valence-electron chi connectivity index (χ4n) is 4.34. The summed E-state index contributed by atoms with van der Waals surface area (Å²) in [6.07, 6.45) is 1.05. The maximum absolute atomic E-state index is 13.4. The van der Waals surface area contributed by atoms with E-state index in [-0.39, 0.29) is 11.7 Å². The fraction of sp³-hybridized carbons (Fsp3) is 0.304. The van der Waals surface area contributed by atoms with Crippen LogP contribution in [0, 0.1) is 6.92 Å². The van der Waals surface area contributed by atoms with E-state index >= 15 is 0 Å². The van der Waals surface area contributed by atoms with E-state index in [0.717, 1.165) is 26.7 Å². The summed E-state index contributed by atoms with van der Waals surface area (Å²) in [7, 11) is 1.37. The van der Waals surface area contributed by atoms with Crippen molar-refractivity contribution in [1.82, 2.24) is 5.32 Å². The molecule has 2 heterocycles. The molecular formula is C23H22ClNO3S. The van der Waals surface area contributed by atoms with E-state index in [4.69, 9.17) is 16.3 Å². The van der Waals surface area contributed by atoms with Crippen LogP contribution in [0.2, 0.25) is 5.02 Å². The number of Topliss-reactive ketones (excluding diaryl/α,β-unsaturated/α-hetero) is 1. The second-order valence-electron chi connectivity index (χ2n) is 7.48. The number of allylic oxidation sites excluding steroid dienone is 3. The molecule has 1 aliphatic carbocycles. The number of dihydropyridines is 1. The molecule has 0 bridgehead atoms. The Hall–Kier alpha value is -2.37. The molecule has 1 N–H and O–H groups in total. The third-order valence-corrected chi connectivity index (χ3v) is 7.03. The van der Waals surface area contributed by atoms with E-state index < -0.39 is 11.9 Å². The lowest BCUT2D eigenvalue weighted by molar-refractivity contribution is -0.136. The quantitative estimate of drug-likeness (QED) is 0.680. The number of thiophene rings is 1. The summed E-state index contributed by atoms with van der Waals surface area (Å²) in [5.74, 6) is -0.731. The SMILES string of the molecule is COC(=O)C1=C(C)NC2=C(C(=O)C[C@@H](c3ccccc3Cl)C2)[C@@H]1c1ccc(C)s1. The number of esters is 1. The molecule has 0 saturated heterocycles. The third kappa shape index (κ3) is 3.53. The van der Waals surface area contributed by atoms with Gasteiger partial charge >= 0.3 is 5.97 Å². The molecule has 2 atom stereocenters. The predicted octanol–water partition coefficient (Wildman–Crippen LogP) is 5.24. The van der Waals surface area contributed by atoms with Gasteiger partial charge in [-0.15, -0.1) is 11.3 Å². The smallest absolute Gasteiger partial charge is 0.336 e. The van der Waals surface area contributed by atoms with E-state index in [1.807, 2.05) is 50.2 Å². The number of ketones is 1. The maximum atomic E-state index is 13.4. The van der Waals surface area contributed by atoms with Crippen LogP contribution in [0.1, 0.15) is 46.9 Å². The van der Waals surface area contributed by atoms with Gasteiger partial charge in [0, 0.05) is 38.2 Å². The van der Waals surface area contributed by atoms with E-state index in [9.17, 15) is 9.59 Å². The van der Waals surface area contributed by atoms with Gasteiger partial charge in [0.15, 0.2) is 5.78 Å². The van der Waals surface area contributed by atoms with E-state index in [0.29, 0.717) is 29.0 Å². The first-order valence-corrected chi connectivity index (χ1v) is 10.7. The van der Waals surface area contributed by atoms with Crippen molar-refractivity contribution in [1.29, 1.82) is 0 Å². The minimum Gasteiger partial charge on any atom is -0.466 e. The topological polar surface area (TPSA) is 55.4 Å². The Bertz CT molecular complexity index is 1070. The second-order valence-corrected chi connectivity index (χ2v) is 9.21. The van der Waals surface area contributed by atoms with Gasteiger partial charge in [-0.3, -0.25) is 4.79 Å². The number of methoxy groups -OCH3 is 1. The van der Waals surface area contributed by atoms with E-state index in [2.05, 4.69) is 5.32 Å². The summed E-state index contributed by atoms with van der Waals surface area (Å²) in [6.45, 7) is 3.89. The number of carbonyl (C=O) groups is 2. The van der Waals surface area contributed by atoms with Gasteiger partial charge in [0.2, 0.25) is 0 Å². The number of carbonyl (C=O) groups excluding carboxylic acids is 2. The second kappa shape index (κ2) is 7.81. The van der Waals surface area contributed by atoms with Gasteiger partial charge in [0.25, 0.3) is 0 Å². The van der Waals surface area contributed by atoms with Crippen molar-refractivity contribution in [2.45, 2.75) is 38.5 Å². The van der Waals surface area contributed by atoms with Crippen molar-refractivity contribution < 1.29 is 14.3 Å². The molecule has 1 aromatic heterocycles. The molecule has 150 valence electrons. The van der Waals surface area contributed by atoms with Crippen LogP contribution < -0.4 is 5.32 Å². The monoisotopic (exact) mass is 427 g/mol. The van der Waals surface area contributed by atoms with Crippen LogP contribution in [0.4, 0.5) is 0 Å². The molecule has 0 unspecified atom stereocenters. The summed E-state index contributed by atoms with van der Waals surface area (Å²) < 4.78 is 5.06. The maximum Gasteiger partial charge on any atom is 0.336 e. The number of rotatable bonds is 3. The first kappa shape index (κ1) is 19.9. The zero-order valence-electron chi connectivity index (χ0n) is 16.5. The van der Waals surface area contributed by atoms with Gasteiger partial charge in [0.05, 0.1) is 18.6 Å². The zero-order chi connectivity index (χ0) is 20.7. The Morgan fingerprint density at radius 3 is 2.59 bits per heavy atom. The summed E-state index contributed by atoms with van der Waals surface area (Å²) in [5, 5.41) is 4.02. The lowest BCUT2D eigenvalue weighted by Crippen LogP contribution is -2.35. The molecule has 0 spiro atoms. The van der Waals surface area contributed by atoms with Crippen LogP contribution in [0.15, 0.2) is 58.9 Å². The molecule has 4 rings (SSSR count). The van der Waals surface area contributed by atoms with E-state index in [1.165, 1.54) is 7.11 Å². The molecule has 0 fully saturated rings. The van der Waals surface area contributed by atoms with Gasteiger partial charge in [-0.05, 0) is 49.9 Å². The average molecular weight is 428 g/mol. The molecule has 0 amide bonds. The number of halogens is 1.